The molecule has 4 rings (SSSR count). The van der Waals surface area contributed by atoms with Crippen LogP contribution in [-0.4, -0.2) is 32.6 Å². The standard InChI is InChI=1S/C17H15ClN6O2S/c1-11-9-14(23-22-11)19-15-13-7-8-24(16(13)21-17(18)20-15)27(25,26)10-12-5-3-2-4-6-12/h2-9H,10H2,1H3,(H2,19,20,21,22,23). The number of halogens is 1. The largest absolute Gasteiger partial charge is 0.323 e. The Labute approximate surface area is 160 Å². The van der Waals surface area contributed by atoms with Crippen molar-refractivity contribution in [2.45, 2.75) is 12.7 Å². The second-order valence-electron chi connectivity index (χ2n) is 5.99. The second-order valence-corrected chi connectivity index (χ2v) is 8.18. The van der Waals surface area contributed by atoms with Gasteiger partial charge in [-0.1, -0.05) is 30.3 Å². The van der Waals surface area contributed by atoms with E-state index in [0.717, 1.165) is 9.67 Å². The zero-order valence-corrected chi connectivity index (χ0v) is 15.8. The van der Waals surface area contributed by atoms with Crippen molar-refractivity contribution in [3.63, 3.8) is 0 Å². The Bertz CT molecular complexity index is 1220. The van der Waals surface area contributed by atoms with E-state index in [-0.39, 0.29) is 16.7 Å². The number of H-pyrrole nitrogens is 1. The molecule has 3 aromatic heterocycles. The summed E-state index contributed by atoms with van der Waals surface area (Å²) in [6.45, 7) is 1.87. The lowest BCUT2D eigenvalue weighted by molar-refractivity contribution is 0.588. The van der Waals surface area contributed by atoms with Crippen LogP contribution < -0.4 is 5.32 Å². The highest BCUT2D eigenvalue weighted by Gasteiger charge is 2.20. The number of aromatic nitrogens is 5. The minimum atomic E-state index is -3.68. The van der Waals surface area contributed by atoms with Gasteiger partial charge in [0.15, 0.2) is 11.5 Å². The van der Waals surface area contributed by atoms with Crippen LogP contribution in [0.1, 0.15) is 11.3 Å². The summed E-state index contributed by atoms with van der Waals surface area (Å²) in [5.74, 6) is 0.772. The Morgan fingerprint density at radius 1 is 1.19 bits per heavy atom. The number of aryl methyl sites for hydroxylation is 1. The Balaban J connectivity index is 1.77. The van der Waals surface area contributed by atoms with E-state index in [9.17, 15) is 8.42 Å². The van der Waals surface area contributed by atoms with Crippen LogP contribution in [0.15, 0.2) is 48.7 Å². The highest BCUT2D eigenvalue weighted by Crippen LogP contribution is 2.27. The highest BCUT2D eigenvalue weighted by molar-refractivity contribution is 7.89. The van der Waals surface area contributed by atoms with Gasteiger partial charge in [-0.25, -0.2) is 12.4 Å². The van der Waals surface area contributed by atoms with Crippen molar-refractivity contribution in [2.24, 2.45) is 0 Å². The first-order valence-corrected chi connectivity index (χ1v) is 10.0. The molecule has 2 N–H and O–H groups in total. The molecule has 4 aromatic rings. The van der Waals surface area contributed by atoms with Crippen LogP contribution in [0, 0.1) is 6.92 Å². The van der Waals surface area contributed by atoms with Crippen molar-refractivity contribution in [1.29, 1.82) is 0 Å². The van der Waals surface area contributed by atoms with E-state index in [1.807, 2.05) is 13.0 Å². The average Bonchev–Trinajstić information content (AvgIpc) is 3.22. The first-order chi connectivity index (χ1) is 12.9. The number of hydrogen-bond donors (Lipinski definition) is 2. The predicted molar refractivity (Wildman–Crippen MR) is 104 cm³/mol. The van der Waals surface area contributed by atoms with Crippen molar-refractivity contribution in [1.82, 2.24) is 24.1 Å². The predicted octanol–water partition coefficient (Wildman–Crippen LogP) is 3.24. The van der Waals surface area contributed by atoms with Crippen molar-refractivity contribution >= 4 is 44.3 Å². The van der Waals surface area contributed by atoms with Crippen molar-refractivity contribution in [3.05, 3.63) is 65.2 Å². The Morgan fingerprint density at radius 3 is 2.67 bits per heavy atom. The molecular formula is C17H15ClN6O2S. The van der Waals surface area contributed by atoms with Crippen molar-refractivity contribution < 1.29 is 8.42 Å². The maximum Gasteiger partial charge on any atom is 0.244 e. The van der Waals surface area contributed by atoms with Gasteiger partial charge in [-0.2, -0.15) is 15.1 Å². The van der Waals surface area contributed by atoms with E-state index < -0.39 is 10.0 Å². The molecule has 0 aliphatic rings. The fourth-order valence-corrected chi connectivity index (χ4v) is 4.31. The van der Waals surface area contributed by atoms with Gasteiger partial charge >= 0.3 is 0 Å². The summed E-state index contributed by atoms with van der Waals surface area (Å²) in [6, 6.07) is 12.4. The van der Waals surface area contributed by atoms with Gasteiger partial charge in [-0.3, -0.25) is 5.10 Å². The number of aromatic amines is 1. The molecule has 0 fully saturated rings. The van der Waals surface area contributed by atoms with Crippen LogP contribution in [0.2, 0.25) is 5.28 Å². The normalized spacial score (nSPS) is 11.8. The molecule has 0 aliphatic carbocycles. The van der Waals surface area contributed by atoms with E-state index in [4.69, 9.17) is 11.6 Å². The molecule has 138 valence electrons. The molecule has 0 radical (unpaired) electrons. The maximum atomic E-state index is 12.9. The van der Waals surface area contributed by atoms with E-state index in [0.29, 0.717) is 22.6 Å². The molecule has 0 aliphatic heterocycles. The number of rotatable bonds is 5. The highest BCUT2D eigenvalue weighted by atomic mass is 35.5. The SMILES string of the molecule is Cc1cc(Nc2nc(Cl)nc3c2ccn3S(=O)(=O)Cc2ccccc2)n[nH]1. The van der Waals surface area contributed by atoms with Gasteiger partial charge in [-0.05, 0) is 30.2 Å². The fourth-order valence-electron chi connectivity index (χ4n) is 2.74. The van der Waals surface area contributed by atoms with Crippen LogP contribution in [0.5, 0.6) is 0 Å². The third-order valence-electron chi connectivity index (χ3n) is 3.93. The summed E-state index contributed by atoms with van der Waals surface area (Å²) in [5.41, 5.74) is 1.77. The molecule has 0 amide bonds. The minimum absolute atomic E-state index is 0.0629. The lowest BCUT2D eigenvalue weighted by Gasteiger charge is -2.08. The Hall–Kier alpha value is -2.91. The quantitative estimate of drug-likeness (QED) is 0.496. The van der Waals surface area contributed by atoms with Crippen LogP contribution in [0.25, 0.3) is 11.0 Å². The maximum absolute atomic E-state index is 12.9. The molecule has 0 bridgehead atoms. The molecule has 1 aromatic carbocycles. The Kier molecular flexibility index (Phi) is 4.33. The van der Waals surface area contributed by atoms with Crippen molar-refractivity contribution in [2.75, 3.05) is 5.32 Å². The second kappa shape index (κ2) is 6.67. The molecule has 0 unspecified atom stereocenters. The number of benzene rings is 1. The van der Waals surface area contributed by atoms with Gasteiger partial charge in [0.25, 0.3) is 0 Å². The van der Waals surface area contributed by atoms with Crippen LogP contribution in [0.4, 0.5) is 11.6 Å². The summed E-state index contributed by atoms with van der Waals surface area (Å²) < 4.78 is 26.9. The Morgan fingerprint density at radius 2 is 1.96 bits per heavy atom. The third-order valence-corrected chi connectivity index (χ3v) is 5.69. The molecule has 0 saturated heterocycles. The minimum Gasteiger partial charge on any atom is -0.323 e. The van der Waals surface area contributed by atoms with E-state index in [1.165, 1.54) is 6.20 Å². The van der Waals surface area contributed by atoms with Crippen LogP contribution in [0.3, 0.4) is 0 Å². The zero-order valence-electron chi connectivity index (χ0n) is 14.2. The van der Waals surface area contributed by atoms with Gasteiger partial charge in [-0.15, -0.1) is 0 Å². The fraction of sp³-hybridized carbons (Fsp3) is 0.118. The van der Waals surface area contributed by atoms with E-state index in [2.05, 4.69) is 25.5 Å². The van der Waals surface area contributed by atoms with Crippen molar-refractivity contribution in [3.8, 4) is 0 Å². The molecule has 10 heteroatoms. The average molecular weight is 403 g/mol. The van der Waals surface area contributed by atoms with E-state index in [1.54, 1.807) is 36.4 Å². The monoisotopic (exact) mass is 402 g/mol. The molecule has 3 heterocycles. The van der Waals surface area contributed by atoms with E-state index >= 15 is 0 Å². The molecule has 0 atom stereocenters. The van der Waals surface area contributed by atoms with Gasteiger partial charge in [0, 0.05) is 18.0 Å². The number of nitrogens with zero attached hydrogens (tertiary/aromatic N) is 4. The van der Waals surface area contributed by atoms with Crippen LogP contribution in [-0.2, 0) is 15.8 Å². The van der Waals surface area contributed by atoms with Crippen LogP contribution >= 0.6 is 11.6 Å². The van der Waals surface area contributed by atoms with Gasteiger partial charge < -0.3 is 5.32 Å². The molecule has 8 nitrogen and oxygen atoms in total. The zero-order chi connectivity index (χ0) is 19.0. The molecular weight excluding hydrogens is 388 g/mol. The summed E-state index contributed by atoms with van der Waals surface area (Å²) in [5, 5.41) is 10.4. The van der Waals surface area contributed by atoms with Gasteiger partial charge in [0.2, 0.25) is 15.3 Å². The molecule has 0 saturated carbocycles. The van der Waals surface area contributed by atoms with Gasteiger partial charge in [0.05, 0.1) is 11.1 Å². The summed E-state index contributed by atoms with van der Waals surface area (Å²) >= 11 is 6.04. The number of fused-ring (bicyclic) bond motifs is 1. The lowest BCUT2D eigenvalue weighted by Crippen LogP contribution is -2.14. The lowest BCUT2D eigenvalue weighted by atomic mass is 10.2. The smallest absolute Gasteiger partial charge is 0.244 e. The number of nitrogens with one attached hydrogen (secondary N) is 2. The summed E-state index contributed by atoms with van der Waals surface area (Å²) in [7, 11) is -3.68. The van der Waals surface area contributed by atoms with Gasteiger partial charge in [0.1, 0.15) is 5.82 Å². The third kappa shape index (κ3) is 3.51. The topological polar surface area (TPSA) is 106 Å². The first-order valence-electron chi connectivity index (χ1n) is 8.03. The molecule has 0 spiro atoms. The number of hydrogen-bond acceptors (Lipinski definition) is 6. The summed E-state index contributed by atoms with van der Waals surface area (Å²) in [4.78, 5) is 8.29. The first kappa shape index (κ1) is 17.5. The molecule has 27 heavy (non-hydrogen) atoms. The number of anilines is 2. The summed E-state index contributed by atoms with van der Waals surface area (Å²) in [6.07, 6.45) is 1.45.